The molecule has 3 aromatic carbocycles. The minimum atomic E-state index is -1.32. The number of carbonyl (C=O) groups is 2. The van der Waals surface area contributed by atoms with Crippen molar-refractivity contribution < 1.29 is 33.6 Å². The first kappa shape index (κ1) is 23.1. The molecule has 1 fully saturated rings. The van der Waals surface area contributed by atoms with Gasteiger partial charge in [-0.25, -0.2) is 9.59 Å². The van der Waals surface area contributed by atoms with E-state index in [-0.39, 0.29) is 6.61 Å². The summed E-state index contributed by atoms with van der Waals surface area (Å²) >= 11 is 0. The molecule has 1 heterocycles. The zero-order valence-corrected chi connectivity index (χ0v) is 18.8. The van der Waals surface area contributed by atoms with Gasteiger partial charge in [0.2, 0.25) is 0 Å². The van der Waals surface area contributed by atoms with E-state index in [0.717, 1.165) is 5.56 Å². The number of rotatable bonds is 7. The molecule has 3 atom stereocenters. The number of aliphatic carboxylic acids is 1. The number of ether oxygens (including phenoxy) is 4. The zero-order valence-electron chi connectivity index (χ0n) is 18.8. The number of methoxy groups -OCH3 is 2. The second-order valence-corrected chi connectivity index (χ2v) is 7.66. The van der Waals surface area contributed by atoms with Crippen molar-refractivity contribution in [1.29, 1.82) is 0 Å². The van der Waals surface area contributed by atoms with Crippen molar-refractivity contribution >= 4 is 12.1 Å². The van der Waals surface area contributed by atoms with Crippen molar-refractivity contribution in [2.45, 2.75) is 25.0 Å². The fraction of sp³-hybridized carbons (Fsp3) is 0.231. The molecule has 0 spiro atoms. The Morgan fingerprint density at radius 3 is 2.24 bits per heavy atom. The first-order chi connectivity index (χ1) is 16.5. The predicted molar refractivity (Wildman–Crippen MR) is 122 cm³/mol. The van der Waals surface area contributed by atoms with E-state index in [1.54, 1.807) is 42.5 Å². The fourth-order valence-corrected chi connectivity index (χ4v) is 4.00. The topological polar surface area (TPSA) is 94.5 Å². The highest BCUT2D eigenvalue weighted by Gasteiger charge is 2.51. The molecule has 1 aliphatic heterocycles. The first-order valence-electron chi connectivity index (χ1n) is 10.7. The Morgan fingerprint density at radius 1 is 0.941 bits per heavy atom. The summed E-state index contributed by atoms with van der Waals surface area (Å²) in [6.45, 7) is 0.0297. The molecule has 3 aromatic rings. The number of hydrogen-bond donors (Lipinski definition) is 1. The van der Waals surface area contributed by atoms with Gasteiger partial charge >= 0.3 is 12.1 Å². The second-order valence-electron chi connectivity index (χ2n) is 7.66. The number of amides is 1. The molecule has 34 heavy (non-hydrogen) atoms. The number of carboxylic acid groups (broad SMARTS) is 1. The molecular formula is C26H25NO7. The summed E-state index contributed by atoms with van der Waals surface area (Å²) in [5.41, 5.74) is 1.90. The van der Waals surface area contributed by atoms with Crippen LogP contribution in [-0.2, 0) is 20.9 Å². The van der Waals surface area contributed by atoms with Crippen molar-refractivity contribution in [3.8, 4) is 11.5 Å². The monoisotopic (exact) mass is 463 g/mol. The van der Waals surface area contributed by atoms with Gasteiger partial charge in [0.15, 0.2) is 12.3 Å². The summed E-state index contributed by atoms with van der Waals surface area (Å²) in [5, 5.41) is 9.97. The molecule has 0 bridgehead atoms. The lowest BCUT2D eigenvalue weighted by molar-refractivity contribution is -0.150. The molecule has 176 valence electrons. The molecule has 1 N–H and O–H groups in total. The van der Waals surface area contributed by atoms with Crippen LogP contribution in [-0.4, -0.2) is 42.4 Å². The Kier molecular flexibility index (Phi) is 6.98. The highest BCUT2D eigenvalue weighted by molar-refractivity contribution is 5.78. The minimum Gasteiger partial charge on any atom is -0.497 e. The molecule has 8 nitrogen and oxygen atoms in total. The van der Waals surface area contributed by atoms with E-state index in [4.69, 9.17) is 18.9 Å². The van der Waals surface area contributed by atoms with Gasteiger partial charge in [-0.05, 0) is 23.3 Å². The van der Waals surface area contributed by atoms with Crippen LogP contribution in [0.25, 0.3) is 0 Å². The van der Waals surface area contributed by atoms with Gasteiger partial charge in [-0.2, -0.15) is 0 Å². The van der Waals surface area contributed by atoms with Crippen LogP contribution < -0.4 is 9.47 Å². The van der Waals surface area contributed by atoms with Gasteiger partial charge in [0, 0.05) is 11.6 Å². The van der Waals surface area contributed by atoms with Crippen LogP contribution in [0.4, 0.5) is 4.79 Å². The number of carbonyl (C=O) groups excluding carboxylic acids is 1. The third kappa shape index (κ3) is 4.67. The second kappa shape index (κ2) is 10.3. The standard InChI is InChI=1S/C26H25NO7/c1-31-19-13-14-20(21(15-19)32-2)24-27(26(30)33-16-17-9-5-3-6-10-17)22(23(34-24)25(28)29)18-11-7-4-8-12-18/h3-15,22-24H,16H2,1-2H3,(H,28,29). The van der Waals surface area contributed by atoms with Crippen LogP contribution in [0, 0.1) is 0 Å². The number of carboxylic acids is 1. The Labute approximate surface area is 197 Å². The lowest BCUT2D eigenvalue weighted by Gasteiger charge is -2.29. The summed E-state index contributed by atoms with van der Waals surface area (Å²) in [6.07, 6.45) is -3.08. The molecule has 1 aliphatic rings. The molecule has 0 aliphatic carbocycles. The molecular weight excluding hydrogens is 438 g/mol. The average molecular weight is 463 g/mol. The van der Waals surface area contributed by atoms with Gasteiger partial charge in [0.1, 0.15) is 24.1 Å². The normalized spacial score (nSPS) is 19.5. The molecule has 0 aromatic heterocycles. The van der Waals surface area contributed by atoms with Crippen molar-refractivity contribution in [3.63, 3.8) is 0 Å². The van der Waals surface area contributed by atoms with Gasteiger partial charge in [0.25, 0.3) is 0 Å². The average Bonchev–Trinajstić information content (AvgIpc) is 3.29. The third-order valence-electron chi connectivity index (χ3n) is 5.62. The molecule has 8 heteroatoms. The maximum absolute atomic E-state index is 13.4. The molecule has 1 saturated heterocycles. The van der Waals surface area contributed by atoms with Crippen molar-refractivity contribution in [3.05, 3.63) is 95.6 Å². The van der Waals surface area contributed by atoms with Crippen LogP contribution in [0.3, 0.4) is 0 Å². The van der Waals surface area contributed by atoms with Gasteiger partial charge in [-0.15, -0.1) is 0 Å². The van der Waals surface area contributed by atoms with Gasteiger partial charge < -0.3 is 24.1 Å². The van der Waals surface area contributed by atoms with Crippen molar-refractivity contribution in [2.75, 3.05) is 14.2 Å². The number of hydrogen-bond acceptors (Lipinski definition) is 6. The van der Waals surface area contributed by atoms with E-state index in [2.05, 4.69) is 0 Å². The van der Waals surface area contributed by atoms with Gasteiger partial charge in [0.05, 0.1) is 14.2 Å². The van der Waals surface area contributed by atoms with Crippen LogP contribution in [0.5, 0.6) is 11.5 Å². The number of nitrogens with zero attached hydrogens (tertiary/aromatic N) is 1. The largest absolute Gasteiger partial charge is 0.497 e. The Morgan fingerprint density at radius 2 is 1.62 bits per heavy atom. The lowest BCUT2D eigenvalue weighted by Crippen LogP contribution is -2.37. The van der Waals surface area contributed by atoms with E-state index < -0.39 is 30.4 Å². The van der Waals surface area contributed by atoms with Crippen LogP contribution in [0.15, 0.2) is 78.9 Å². The zero-order chi connectivity index (χ0) is 24.1. The highest BCUT2D eigenvalue weighted by atomic mass is 16.6. The van der Waals surface area contributed by atoms with Gasteiger partial charge in [-0.3, -0.25) is 4.90 Å². The summed E-state index contributed by atoms with van der Waals surface area (Å²) in [4.78, 5) is 27.0. The summed E-state index contributed by atoms with van der Waals surface area (Å²) in [6, 6.07) is 22.3. The maximum atomic E-state index is 13.4. The molecule has 0 radical (unpaired) electrons. The number of benzene rings is 3. The Balaban J connectivity index is 1.75. The summed E-state index contributed by atoms with van der Waals surface area (Å²) in [5.74, 6) is -0.251. The van der Waals surface area contributed by atoms with E-state index >= 15 is 0 Å². The third-order valence-corrected chi connectivity index (χ3v) is 5.62. The van der Waals surface area contributed by atoms with E-state index in [0.29, 0.717) is 22.6 Å². The van der Waals surface area contributed by atoms with E-state index in [1.807, 2.05) is 36.4 Å². The summed E-state index contributed by atoms with van der Waals surface area (Å²) in [7, 11) is 3.01. The van der Waals surface area contributed by atoms with Crippen LogP contribution in [0.2, 0.25) is 0 Å². The Bertz CT molecular complexity index is 1140. The van der Waals surface area contributed by atoms with Gasteiger partial charge in [-0.1, -0.05) is 60.7 Å². The van der Waals surface area contributed by atoms with Crippen LogP contribution >= 0.6 is 0 Å². The van der Waals surface area contributed by atoms with E-state index in [9.17, 15) is 14.7 Å². The SMILES string of the molecule is COc1ccc(C2OC(C(=O)O)C(c3ccccc3)N2C(=O)OCc2ccccc2)c(OC)c1. The molecule has 1 amide bonds. The maximum Gasteiger partial charge on any atom is 0.413 e. The first-order valence-corrected chi connectivity index (χ1v) is 10.7. The van der Waals surface area contributed by atoms with Crippen molar-refractivity contribution in [1.82, 2.24) is 4.90 Å². The minimum absolute atomic E-state index is 0.0297. The molecule has 4 rings (SSSR count). The van der Waals surface area contributed by atoms with E-state index in [1.165, 1.54) is 19.1 Å². The quantitative estimate of drug-likeness (QED) is 0.549. The fourth-order valence-electron chi connectivity index (χ4n) is 4.00. The predicted octanol–water partition coefficient (Wildman–Crippen LogP) is 4.57. The Hall–Kier alpha value is -4.04. The molecule has 3 unspecified atom stereocenters. The van der Waals surface area contributed by atoms with Crippen LogP contribution in [0.1, 0.15) is 29.0 Å². The smallest absolute Gasteiger partial charge is 0.413 e. The highest BCUT2D eigenvalue weighted by Crippen LogP contribution is 2.46. The lowest BCUT2D eigenvalue weighted by atomic mass is 10.0. The summed E-state index contributed by atoms with van der Waals surface area (Å²) < 4.78 is 22.4. The van der Waals surface area contributed by atoms with Crippen molar-refractivity contribution in [2.24, 2.45) is 0 Å². The molecule has 0 saturated carbocycles.